The van der Waals surface area contributed by atoms with Gasteiger partial charge in [-0.15, -0.1) is 0 Å². The first-order valence-electron chi connectivity index (χ1n) is 11.1. The molecule has 1 atom stereocenters. The van der Waals surface area contributed by atoms with E-state index in [1.54, 1.807) is 6.92 Å². The third-order valence-electron chi connectivity index (χ3n) is 5.44. The first-order valence-corrected chi connectivity index (χ1v) is 11.1. The van der Waals surface area contributed by atoms with Crippen molar-refractivity contribution in [1.29, 1.82) is 0 Å². The lowest BCUT2D eigenvalue weighted by atomic mass is 9.94. The summed E-state index contributed by atoms with van der Waals surface area (Å²) in [5.41, 5.74) is 1.46. The minimum Gasteiger partial charge on any atom is -0.466 e. The van der Waals surface area contributed by atoms with Crippen molar-refractivity contribution in [2.24, 2.45) is 0 Å². The van der Waals surface area contributed by atoms with E-state index in [-0.39, 0.29) is 18.4 Å². The molecule has 1 aliphatic heterocycles. The number of hydrogen-bond donors (Lipinski definition) is 3. The van der Waals surface area contributed by atoms with Crippen molar-refractivity contribution >= 4 is 17.7 Å². The minimum atomic E-state index is -0.589. The Labute approximate surface area is 175 Å². The maximum absolute atomic E-state index is 12.5. The summed E-state index contributed by atoms with van der Waals surface area (Å²) >= 11 is 0. The highest BCUT2D eigenvalue weighted by molar-refractivity contribution is 5.90. The molecule has 1 saturated heterocycles. The van der Waals surface area contributed by atoms with E-state index in [1.165, 1.54) is 44.1 Å². The van der Waals surface area contributed by atoms with E-state index >= 15 is 0 Å². The number of urea groups is 1. The molecule has 29 heavy (non-hydrogen) atoms. The van der Waals surface area contributed by atoms with Gasteiger partial charge >= 0.3 is 12.0 Å². The second-order valence-corrected chi connectivity index (χ2v) is 7.98. The molecule has 1 aromatic rings. The molecule has 1 aromatic carbocycles. The number of carbonyl (C=O) groups excluding carboxylic acids is 2. The number of benzene rings is 1. The normalized spacial score (nSPS) is 18.4. The molecule has 2 amide bonds. The fourth-order valence-electron chi connectivity index (χ4n) is 3.80. The molecule has 0 spiro atoms. The highest BCUT2D eigenvalue weighted by Crippen LogP contribution is 2.21. The number of hydrogen-bond acceptors (Lipinski definition) is 4. The van der Waals surface area contributed by atoms with Crippen molar-refractivity contribution in [1.82, 2.24) is 10.6 Å². The van der Waals surface area contributed by atoms with E-state index in [2.05, 4.69) is 35.0 Å². The van der Waals surface area contributed by atoms with E-state index in [1.807, 2.05) is 12.1 Å². The van der Waals surface area contributed by atoms with Gasteiger partial charge in [0.15, 0.2) is 0 Å². The molecule has 3 N–H and O–H groups in total. The van der Waals surface area contributed by atoms with Gasteiger partial charge < -0.3 is 20.7 Å². The fraction of sp³-hybridized carbons (Fsp3) is 0.652. The van der Waals surface area contributed by atoms with Crippen LogP contribution < -0.4 is 16.0 Å². The van der Waals surface area contributed by atoms with Gasteiger partial charge in [0.1, 0.15) is 0 Å². The summed E-state index contributed by atoms with van der Waals surface area (Å²) in [6, 6.07) is 7.75. The summed E-state index contributed by atoms with van der Waals surface area (Å²) < 4.78 is 5.06. The lowest BCUT2D eigenvalue weighted by Gasteiger charge is -2.28. The van der Waals surface area contributed by atoms with Crippen molar-refractivity contribution < 1.29 is 14.3 Å². The number of carbonyl (C=O) groups is 2. The van der Waals surface area contributed by atoms with Crippen LogP contribution in [0.4, 0.5) is 10.5 Å². The maximum Gasteiger partial charge on any atom is 0.319 e. The lowest BCUT2D eigenvalue weighted by Crippen LogP contribution is -2.53. The highest BCUT2D eigenvalue weighted by atomic mass is 16.5. The van der Waals surface area contributed by atoms with Gasteiger partial charge in [0.05, 0.1) is 18.6 Å². The van der Waals surface area contributed by atoms with Gasteiger partial charge in [0.25, 0.3) is 0 Å². The van der Waals surface area contributed by atoms with E-state index in [4.69, 9.17) is 4.74 Å². The van der Waals surface area contributed by atoms with Crippen molar-refractivity contribution in [2.75, 3.05) is 25.0 Å². The van der Waals surface area contributed by atoms with E-state index in [9.17, 15) is 9.59 Å². The molecule has 0 aromatic heterocycles. The largest absolute Gasteiger partial charge is 0.466 e. The topological polar surface area (TPSA) is 79.5 Å². The molecule has 6 heteroatoms. The molecule has 0 radical (unpaired) electrons. The molecule has 6 nitrogen and oxygen atoms in total. The third kappa shape index (κ3) is 8.44. The second-order valence-electron chi connectivity index (χ2n) is 7.98. The molecular weight excluding hydrogens is 366 g/mol. The molecule has 1 aliphatic rings. The number of aryl methyl sites for hydroxylation is 1. The molecule has 1 unspecified atom stereocenters. The van der Waals surface area contributed by atoms with Crippen LogP contribution in [0, 0.1) is 0 Å². The Balaban J connectivity index is 1.78. The van der Waals surface area contributed by atoms with Crippen LogP contribution >= 0.6 is 0 Å². The number of unbranched alkanes of at least 4 members (excludes halogenated alkanes) is 5. The second kappa shape index (κ2) is 12.5. The van der Waals surface area contributed by atoms with Gasteiger partial charge in [-0.3, -0.25) is 4.79 Å². The van der Waals surface area contributed by atoms with E-state index in [0.717, 1.165) is 18.7 Å². The van der Waals surface area contributed by atoms with Crippen LogP contribution in [0.3, 0.4) is 0 Å². The van der Waals surface area contributed by atoms with Gasteiger partial charge in [0, 0.05) is 12.2 Å². The van der Waals surface area contributed by atoms with E-state index < -0.39 is 5.54 Å². The van der Waals surface area contributed by atoms with Crippen molar-refractivity contribution in [3.8, 4) is 0 Å². The Morgan fingerprint density at radius 1 is 1.07 bits per heavy atom. The van der Waals surface area contributed by atoms with Crippen LogP contribution in [-0.2, 0) is 16.0 Å². The molecular formula is C23H37N3O3. The summed E-state index contributed by atoms with van der Waals surface area (Å²) in [5.74, 6) is -0.282. The van der Waals surface area contributed by atoms with Crippen molar-refractivity contribution in [3.63, 3.8) is 0 Å². The van der Waals surface area contributed by atoms with Crippen LogP contribution in [0.5, 0.6) is 0 Å². The van der Waals surface area contributed by atoms with Gasteiger partial charge in [-0.25, -0.2) is 4.79 Å². The van der Waals surface area contributed by atoms with Crippen LogP contribution in [-0.4, -0.2) is 37.2 Å². The summed E-state index contributed by atoms with van der Waals surface area (Å²) in [7, 11) is 0. The van der Waals surface area contributed by atoms with Crippen LogP contribution in [0.15, 0.2) is 24.3 Å². The number of ether oxygens (including phenoxy) is 1. The Kier molecular flexibility index (Phi) is 9.98. The Morgan fingerprint density at radius 2 is 1.79 bits per heavy atom. The standard InChI is InChI=1S/C23H37N3O3/c1-3-5-6-7-8-9-10-19-11-13-20(14-12-19)25-22(28)26-23(15-16-24-18-23)17-21(27)29-4-2/h11-14,24H,3-10,15-18H2,1-2H3,(H2,25,26,28). The molecule has 162 valence electrons. The Hall–Kier alpha value is -2.08. The maximum atomic E-state index is 12.5. The average molecular weight is 404 g/mol. The molecule has 0 bridgehead atoms. The predicted octanol–water partition coefficient (Wildman–Crippen LogP) is 4.40. The average Bonchev–Trinajstić information content (AvgIpc) is 3.13. The molecule has 0 saturated carbocycles. The molecule has 0 aliphatic carbocycles. The van der Waals surface area contributed by atoms with Gasteiger partial charge in [-0.05, 0) is 50.4 Å². The zero-order chi connectivity index (χ0) is 21.0. The third-order valence-corrected chi connectivity index (χ3v) is 5.44. The summed E-state index contributed by atoms with van der Waals surface area (Å²) in [6.07, 6.45) is 9.71. The molecule has 1 heterocycles. The summed E-state index contributed by atoms with van der Waals surface area (Å²) in [6.45, 7) is 5.71. The number of rotatable bonds is 12. The first kappa shape index (κ1) is 23.2. The predicted molar refractivity (Wildman–Crippen MR) is 117 cm³/mol. The fourth-order valence-corrected chi connectivity index (χ4v) is 3.80. The van der Waals surface area contributed by atoms with Crippen LogP contribution in [0.25, 0.3) is 0 Å². The Bertz CT molecular complexity index is 625. The van der Waals surface area contributed by atoms with E-state index in [0.29, 0.717) is 19.6 Å². The zero-order valence-corrected chi connectivity index (χ0v) is 18.0. The first-order chi connectivity index (χ1) is 14.1. The number of nitrogens with one attached hydrogen (secondary N) is 3. The van der Waals surface area contributed by atoms with Crippen molar-refractivity contribution in [3.05, 3.63) is 29.8 Å². The lowest BCUT2D eigenvalue weighted by molar-refractivity contribution is -0.144. The van der Waals surface area contributed by atoms with Gasteiger partial charge in [0.2, 0.25) is 0 Å². The van der Waals surface area contributed by atoms with Crippen molar-refractivity contribution in [2.45, 2.75) is 77.2 Å². The summed E-state index contributed by atoms with van der Waals surface area (Å²) in [5, 5.41) is 9.10. The number of esters is 1. The zero-order valence-electron chi connectivity index (χ0n) is 18.0. The summed E-state index contributed by atoms with van der Waals surface area (Å²) in [4.78, 5) is 24.4. The quantitative estimate of drug-likeness (QED) is 0.357. The highest BCUT2D eigenvalue weighted by Gasteiger charge is 2.38. The van der Waals surface area contributed by atoms with Crippen LogP contribution in [0.2, 0.25) is 0 Å². The number of anilines is 1. The molecule has 2 rings (SSSR count). The smallest absolute Gasteiger partial charge is 0.319 e. The Morgan fingerprint density at radius 3 is 2.45 bits per heavy atom. The number of amides is 2. The SMILES string of the molecule is CCCCCCCCc1ccc(NC(=O)NC2(CC(=O)OCC)CCNC2)cc1. The monoisotopic (exact) mass is 403 g/mol. The molecule has 1 fully saturated rings. The minimum absolute atomic E-state index is 0.179. The van der Waals surface area contributed by atoms with Gasteiger partial charge in [-0.2, -0.15) is 0 Å². The van der Waals surface area contributed by atoms with Gasteiger partial charge in [-0.1, -0.05) is 51.2 Å². The van der Waals surface area contributed by atoms with Crippen LogP contribution in [0.1, 0.15) is 70.8 Å².